The van der Waals surface area contributed by atoms with E-state index in [9.17, 15) is 4.79 Å². The number of aromatic nitrogens is 2. The normalized spacial score (nSPS) is 10.7. The zero-order valence-electron chi connectivity index (χ0n) is 13.7. The molecule has 2 aromatic carbocycles. The second-order valence-electron chi connectivity index (χ2n) is 5.56. The SMILES string of the molecule is Cc1ccc(-c2nnc(SCC(=O)Nc3ccc(C)cc3Br)o2)cc1. The second-order valence-corrected chi connectivity index (χ2v) is 7.34. The number of carbonyl (C=O) groups is 1. The molecule has 1 amide bonds. The number of halogens is 1. The van der Waals surface area contributed by atoms with Gasteiger partial charge in [-0.2, -0.15) is 0 Å². The molecule has 0 saturated heterocycles. The summed E-state index contributed by atoms with van der Waals surface area (Å²) in [6.45, 7) is 4.01. The maximum Gasteiger partial charge on any atom is 0.277 e. The van der Waals surface area contributed by atoms with E-state index in [4.69, 9.17) is 4.42 Å². The van der Waals surface area contributed by atoms with Crippen molar-refractivity contribution < 1.29 is 9.21 Å². The zero-order valence-corrected chi connectivity index (χ0v) is 16.1. The number of nitrogens with zero attached hydrogens (tertiary/aromatic N) is 2. The number of hydrogen-bond donors (Lipinski definition) is 1. The third-order valence-corrected chi connectivity index (χ3v) is 4.90. The molecule has 0 spiro atoms. The van der Waals surface area contributed by atoms with Crippen LogP contribution in [0.4, 0.5) is 5.69 Å². The highest BCUT2D eigenvalue weighted by atomic mass is 79.9. The Labute approximate surface area is 158 Å². The predicted octanol–water partition coefficient (Wildman–Crippen LogP) is 4.85. The molecule has 0 aliphatic rings. The molecule has 3 rings (SSSR count). The topological polar surface area (TPSA) is 68.0 Å². The molecule has 1 aromatic heterocycles. The highest BCUT2D eigenvalue weighted by Crippen LogP contribution is 2.25. The minimum atomic E-state index is -0.135. The summed E-state index contributed by atoms with van der Waals surface area (Å²) >= 11 is 4.65. The Morgan fingerprint density at radius 2 is 1.84 bits per heavy atom. The van der Waals surface area contributed by atoms with Crippen molar-refractivity contribution in [2.45, 2.75) is 19.1 Å². The van der Waals surface area contributed by atoms with Crippen LogP contribution in [0.2, 0.25) is 0 Å². The molecular weight excluding hydrogens is 402 g/mol. The van der Waals surface area contributed by atoms with Crippen LogP contribution in [0.25, 0.3) is 11.5 Å². The van der Waals surface area contributed by atoms with Gasteiger partial charge in [0.15, 0.2) is 0 Å². The van der Waals surface area contributed by atoms with E-state index in [-0.39, 0.29) is 11.7 Å². The number of nitrogens with one attached hydrogen (secondary N) is 1. The van der Waals surface area contributed by atoms with Gasteiger partial charge in [0, 0.05) is 10.0 Å². The molecule has 7 heteroatoms. The Bertz CT molecular complexity index is 894. The van der Waals surface area contributed by atoms with Crippen LogP contribution in [-0.4, -0.2) is 21.9 Å². The first-order valence-electron chi connectivity index (χ1n) is 7.60. The molecule has 0 fully saturated rings. The standard InChI is InChI=1S/C18H16BrN3O2S/c1-11-3-6-13(7-4-11)17-21-22-18(24-17)25-10-16(23)20-15-8-5-12(2)9-14(15)19/h3-9H,10H2,1-2H3,(H,20,23). The first-order valence-corrected chi connectivity index (χ1v) is 9.38. The van der Waals surface area contributed by atoms with Crippen molar-refractivity contribution in [3.63, 3.8) is 0 Å². The number of hydrogen-bond acceptors (Lipinski definition) is 5. The number of aryl methyl sites for hydroxylation is 2. The molecule has 0 radical (unpaired) electrons. The Morgan fingerprint density at radius 3 is 2.56 bits per heavy atom. The van der Waals surface area contributed by atoms with Crippen molar-refractivity contribution in [1.82, 2.24) is 10.2 Å². The highest BCUT2D eigenvalue weighted by molar-refractivity contribution is 9.10. The summed E-state index contributed by atoms with van der Waals surface area (Å²) in [5.74, 6) is 0.504. The molecule has 5 nitrogen and oxygen atoms in total. The third kappa shape index (κ3) is 4.70. The molecular formula is C18H16BrN3O2S. The van der Waals surface area contributed by atoms with E-state index in [1.54, 1.807) is 0 Å². The summed E-state index contributed by atoms with van der Waals surface area (Å²) in [6, 6.07) is 13.6. The van der Waals surface area contributed by atoms with Gasteiger partial charge in [-0.15, -0.1) is 10.2 Å². The number of rotatable bonds is 5. The van der Waals surface area contributed by atoms with Crippen molar-refractivity contribution >= 4 is 39.3 Å². The van der Waals surface area contributed by atoms with E-state index in [1.165, 1.54) is 11.8 Å². The van der Waals surface area contributed by atoms with Gasteiger partial charge in [-0.25, -0.2) is 0 Å². The smallest absolute Gasteiger partial charge is 0.277 e. The van der Waals surface area contributed by atoms with Crippen LogP contribution >= 0.6 is 27.7 Å². The molecule has 0 aliphatic carbocycles. The Balaban J connectivity index is 1.58. The van der Waals surface area contributed by atoms with Gasteiger partial charge in [0.25, 0.3) is 5.22 Å². The second kappa shape index (κ2) is 7.84. The lowest BCUT2D eigenvalue weighted by atomic mass is 10.1. The number of anilines is 1. The average Bonchev–Trinajstić information content (AvgIpc) is 3.05. The van der Waals surface area contributed by atoms with Crippen LogP contribution in [0.3, 0.4) is 0 Å². The van der Waals surface area contributed by atoms with Crippen molar-refractivity contribution in [3.8, 4) is 11.5 Å². The Hall–Kier alpha value is -2.12. The number of thioether (sulfide) groups is 1. The van der Waals surface area contributed by atoms with Crippen LogP contribution in [0.5, 0.6) is 0 Å². The maximum absolute atomic E-state index is 12.1. The van der Waals surface area contributed by atoms with E-state index in [0.29, 0.717) is 11.1 Å². The van der Waals surface area contributed by atoms with E-state index in [0.717, 1.165) is 26.9 Å². The summed E-state index contributed by atoms with van der Waals surface area (Å²) in [4.78, 5) is 12.1. The van der Waals surface area contributed by atoms with Crippen LogP contribution in [-0.2, 0) is 4.79 Å². The Kier molecular flexibility index (Phi) is 5.55. The monoisotopic (exact) mass is 417 g/mol. The molecule has 25 heavy (non-hydrogen) atoms. The quantitative estimate of drug-likeness (QED) is 0.601. The average molecular weight is 418 g/mol. The van der Waals surface area contributed by atoms with Gasteiger partial charge in [0.05, 0.1) is 11.4 Å². The Morgan fingerprint density at radius 1 is 1.12 bits per heavy atom. The lowest BCUT2D eigenvalue weighted by molar-refractivity contribution is -0.113. The summed E-state index contributed by atoms with van der Waals surface area (Å²) in [7, 11) is 0. The van der Waals surface area contributed by atoms with E-state index in [2.05, 4.69) is 31.4 Å². The minimum absolute atomic E-state index is 0.135. The molecule has 1 heterocycles. The fourth-order valence-electron chi connectivity index (χ4n) is 2.12. The van der Waals surface area contributed by atoms with Gasteiger partial charge in [0.1, 0.15) is 0 Å². The molecule has 128 valence electrons. The van der Waals surface area contributed by atoms with E-state index >= 15 is 0 Å². The van der Waals surface area contributed by atoms with Crippen LogP contribution < -0.4 is 5.32 Å². The predicted molar refractivity (Wildman–Crippen MR) is 103 cm³/mol. The summed E-state index contributed by atoms with van der Waals surface area (Å²) in [5, 5.41) is 11.2. The van der Waals surface area contributed by atoms with Crippen molar-refractivity contribution in [2.75, 3.05) is 11.1 Å². The zero-order chi connectivity index (χ0) is 17.8. The van der Waals surface area contributed by atoms with E-state index < -0.39 is 0 Å². The molecule has 0 unspecified atom stereocenters. The number of amides is 1. The third-order valence-electron chi connectivity index (χ3n) is 3.43. The van der Waals surface area contributed by atoms with Crippen molar-refractivity contribution in [2.24, 2.45) is 0 Å². The number of carbonyl (C=O) groups excluding carboxylic acids is 1. The molecule has 3 aromatic rings. The first-order chi connectivity index (χ1) is 12.0. The van der Waals surface area contributed by atoms with Crippen LogP contribution in [0.1, 0.15) is 11.1 Å². The van der Waals surface area contributed by atoms with Gasteiger partial charge in [-0.05, 0) is 59.6 Å². The fourth-order valence-corrected chi connectivity index (χ4v) is 3.27. The van der Waals surface area contributed by atoms with Crippen molar-refractivity contribution in [3.05, 3.63) is 58.1 Å². The van der Waals surface area contributed by atoms with E-state index in [1.807, 2.05) is 56.3 Å². The minimum Gasteiger partial charge on any atom is -0.411 e. The molecule has 0 saturated carbocycles. The van der Waals surface area contributed by atoms with Gasteiger partial charge in [0.2, 0.25) is 11.8 Å². The molecule has 0 atom stereocenters. The van der Waals surface area contributed by atoms with Gasteiger partial charge < -0.3 is 9.73 Å². The summed E-state index contributed by atoms with van der Waals surface area (Å²) in [6.07, 6.45) is 0. The van der Waals surface area contributed by atoms with Crippen LogP contribution in [0, 0.1) is 13.8 Å². The van der Waals surface area contributed by atoms with Crippen LogP contribution in [0.15, 0.2) is 56.6 Å². The highest BCUT2D eigenvalue weighted by Gasteiger charge is 2.12. The lowest BCUT2D eigenvalue weighted by Gasteiger charge is -2.07. The summed E-state index contributed by atoms with van der Waals surface area (Å²) < 4.78 is 6.45. The molecule has 1 N–H and O–H groups in total. The largest absolute Gasteiger partial charge is 0.411 e. The molecule has 0 bridgehead atoms. The van der Waals surface area contributed by atoms with Gasteiger partial charge in [-0.3, -0.25) is 4.79 Å². The molecule has 0 aliphatic heterocycles. The lowest BCUT2D eigenvalue weighted by Crippen LogP contribution is -2.14. The summed E-state index contributed by atoms with van der Waals surface area (Å²) in [5.41, 5.74) is 3.88. The maximum atomic E-state index is 12.1. The number of benzene rings is 2. The van der Waals surface area contributed by atoms with Gasteiger partial charge >= 0.3 is 0 Å². The fraction of sp³-hybridized carbons (Fsp3) is 0.167. The van der Waals surface area contributed by atoms with Crippen molar-refractivity contribution in [1.29, 1.82) is 0 Å². The van der Waals surface area contributed by atoms with Gasteiger partial charge in [-0.1, -0.05) is 35.5 Å². The first kappa shape index (κ1) is 17.7.